The zero-order valence-corrected chi connectivity index (χ0v) is 13.0. The lowest BCUT2D eigenvalue weighted by Gasteiger charge is -2.13. The summed E-state index contributed by atoms with van der Waals surface area (Å²) in [6.45, 7) is 0.809. The normalized spacial score (nSPS) is 18.1. The topological polar surface area (TPSA) is 81.4 Å². The molecule has 1 unspecified atom stereocenters. The predicted molar refractivity (Wildman–Crippen MR) is 83.8 cm³/mol. The first kappa shape index (κ1) is 16.1. The van der Waals surface area contributed by atoms with Crippen LogP contribution in [0.4, 0.5) is 5.69 Å². The first-order valence-electron chi connectivity index (χ1n) is 6.61. The molecule has 1 aromatic rings. The molecule has 3 N–H and O–H groups in total. The molecule has 5 nitrogen and oxygen atoms in total. The van der Waals surface area contributed by atoms with Crippen LogP contribution in [0.2, 0.25) is 5.02 Å². The second-order valence-corrected chi connectivity index (χ2v) is 6.92. The second kappa shape index (κ2) is 7.14. The van der Waals surface area contributed by atoms with Crippen LogP contribution in [-0.2, 0) is 14.8 Å². The number of benzene rings is 1. The molecule has 0 aromatic heterocycles. The summed E-state index contributed by atoms with van der Waals surface area (Å²) in [6.07, 6.45) is 1.42. The number of hydrogen-bond donors (Lipinski definition) is 2. The maximum atomic E-state index is 12.2. The van der Waals surface area contributed by atoms with Crippen LogP contribution in [-0.4, -0.2) is 33.4 Å². The molecule has 0 saturated carbocycles. The van der Waals surface area contributed by atoms with Crippen LogP contribution >= 0.6 is 11.6 Å². The van der Waals surface area contributed by atoms with E-state index in [4.69, 9.17) is 22.1 Å². The zero-order chi connectivity index (χ0) is 15.3. The Morgan fingerprint density at radius 1 is 1.48 bits per heavy atom. The third-order valence-electron chi connectivity index (χ3n) is 3.00. The van der Waals surface area contributed by atoms with Crippen molar-refractivity contribution in [1.29, 1.82) is 0 Å². The Balaban J connectivity index is 2.17. The molecule has 0 amide bonds. The molecule has 1 aliphatic heterocycles. The van der Waals surface area contributed by atoms with Crippen molar-refractivity contribution in [3.05, 3.63) is 28.8 Å². The first-order valence-corrected chi connectivity index (χ1v) is 8.64. The van der Waals surface area contributed by atoms with Gasteiger partial charge in [-0.2, -0.15) is 0 Å². The maximum absolute atomic E-state index is 12.2. The summed E-state index contributed by atoms with van der Waals surface area (Å²) < 4.78 is 32.2. The van der Waals surface area contributed by atoms with Crippen molar-refractivity contribution in [3.63, 3.8) is 0 Å². The fourth-order valence-electron chi connectivity index (χ4n) is 2.08. The molecule has 1 atom stereocenters. The average molecular weight is 329 g/mol. The van der Waals surface area contributed by atoms with E-state index in [0.29, 0.717) is 22.9 Å². The van der Waals surface area contributed by atoms with Gasteiger partial charge >= 0.3 is 0 Å². The molecule has 2 rings (SSSR count). The number of hydrogen-bond acceptors (Lipinski definition) is 4. The molecule has 7 heteroatoms. The van der Waals surface area contributed by atoms with Crippen LogP contribution < -0.4 is 10.5 Å². The van der Waals surface area contributed by atoms with Crippen LogP contribution in [0.1, 0.15) is 18.4 Å². The van der Waals surface area contributed by atoms with E-state index >= 15 is 0 Å². The summed E-state index contributed by atoms with van der Waals surface area (Å²) >= 11 is 5.91. The Bertz CT molecular complexity index is 659. The lowest BCUT2D eigenvalue weighted by Crippen LogP contribution is -2.26. The monoisotopic (exact) mass is 328 g/mol. The van der Waals surface area contributed by atoms with Gasteiger partial charge in [0.25, 0.3) is 0 Å². The number of anilines is 1. The summed E-state index contributed by atoms with van der Waals surface area (Å²) in [6, 6.07) is 4.81. The highest BCUT2D eigenvalue weighted by atomic mass is 35.5. The van der Waals surface area contributed by atoms with Gasteiger partial charge in [-0.1, -0.05) is 23.4 Å². The van der Waals surface area contributed by atoms with Crippen molar-refractivity contribution in [2.75, 3.05) is 23.6 Å². The number of ether oxygens (including phenoxy) is 1. The molecule has 0 spiro atoms. The van der Waals surface area contributed by atoms with Gasteiger partial charge in [-0.3, -0.25) is 4.72 Å². The molecule has 1 heterocycles. The lowest BCUT2D eigenvalue weighted by atomic mass is 10.2. The average Bonchev–Trinajstić information content (AvgIpc) is 2.90. The maximum Gasteiger partial charge on any atom is 0.235 e. The van der Waals surface area contributed by atoms with E-state index in [-0.39, 0.29) is 18.4 Å². The Hall–Kier alpha value is -1.26. The molecule has 114 valence electrons. The lowest BCUT2D eigenvalue weighted by molar-refractivity contribution is 0.127. The van der Waals surface area contributed by atoms with Crippen LogP contribution in [0.15, 0.2) is 18.2 Å². The molecule has 0 bridgehead atoms. The number of nitrogens with one attached hydrogen (secondary N) is 1. The molecule has 1 aromatic carbocycles. The Morgan fingerprint density at radius 2 is 2.29 bits per heavy atom. The van der Waals surface area contributed by atoms with Gasteiger partial charge in [0.2, 0.25) is 10.0 Å². The van der Waals surface area contributed by atoms with Crippen molar-refractivity contribution >= 4 is 27.3 Å². The van der Waals surface area contributed by atoms with Crippen molar-refractivity contribution < 1.29 is 13.2 Å². The molecule has 0 radical (unpaired) electrons. The standard InChI is InChI=1S/C14H17ClN2O3S/c15-12-5-6-14(11(9-12)3-1-7-16)17-21(18,19)10-13-4-2-8-20-13/h5-6,9,13,17H,2,4,7-8,10,16H2. The minimum absolute atomic E-state index is 0.0562. The molecule has 0 aliphatic carbocycles. The van der Waals surface area contributed by atoms with Crippen LogP contribution in [0, 0.1) is 11.8 Å². The number of sulfonamides is 1. The van der Waals surface area contributed by atoms with Crippen molar-refractivity contribution in [2.24, 2.45) is 5.73 Å². The van der Waals surface area contributed by atoms with E-state index in [1.807, 2.05) is 0 Å². The smallest absolute Gasteiger partial charge is 0.235 e. The minimum atomic E-state index is -3.50. The van der Waals surface area contributed by atoms with E-state index in [9.17, 15) is 8.42 Å². The summed E-state index contributed by atoms with van der Waals surface area (Å²) in [5.41, 5.74) is 6.24. The SMILES string of the molecule is NCC#Cc1cc(Cl)ccc1NS(=O)(=O)CC1CCCO1. The van der Waals surface area contributed by atoms with Gasteiger partial charge in [-0.05, 0) is 31.0 Å². The highest BCUT2D eigenvalue weighted by molar-refractivity contribution is 7.92. The number of rotatable bonds is 4. The fraction of sp³-hybridized carbons (Fsp3) is 0.429. The Kier molecular flexibility index (Phi) is 5.48. The summed E-state index contributed by atoms with van der Waals surface area (Å²) in [4.78, 5) is 0. The van der Waals surface area contributed by atoms with Gasteiger partial charge in [-0.25, -0.2) is 8.42 Å². The molecular weight excluding hydrogens is 312 g/mol. The quantitative estimate of drug-likeness (QED) is 0.822. The first-order chi connectivity index (χ1) is 10.00. The summed E-state index contributed by atoms with van der Waals surface area (Å²) in [7, 11) is -3.50. The summed E-state index contributed by atoms with van der Waals surface area (Å²) in [5.74, 6) is 5.45. The van der Waals surface area contributed by atoms with Crippen LogP contribution in [0.5, 0.6) is 0 Å². The van der Waals surface area contributed by atoms with Gasteiger partial charge in [0.15, 0.2) is 0 Å². The number of nitrogens with two attached hydrogens (primary N) is 1. The predicted octanol–water partition coefficient (Wildman–Crippen LogP) is 1.57. The van der Waals surface area contributed by atoms with Crippen molar-refractivity contribution in [2.45, 2.75) is 18.9 Å². The Morgan fingerprint density at radius 3 is 2.95 bits per heavy atom. The van der Waals surface area contributed by atoms with E-state index in [2.05, 4.69) is 16.6 Å². The van der Waals surface area contributed by atoms with E-state index in [1.54, 1.807) is 18.2 Å². The van der Waals surface area contributed by atoms with Gasteiger partial charge in [0, 0.05) is 11.6 Å². The minimum Gasteiger partial charge on any atom is -0.377 e. The molecular formula is C14H17ClN2O3S. The molecule has 21 heavy (non-hydrogen) atoms. The van der Waals surface area contributed by atoms with Gasteiger partial charge in [0.05, 0.1) is 29.7 Å². The number of halogens is 1. The molecule has 1 aliphatic rings. The largest absolute Gasteiger partial charge is 0.377 e. The van der Waals surface area contributed by atoms with Crippen molar-refractivity contribution in [3.8, 4) is 11.8 Å². The summed E-state index contributed by atoms with van der Waals surface area (Å²) in [5, 5.41) is 0.485. The zero-order valence-electron chi connectivity index (χ0n) is 11.4. The second-order valence-electron chi connectivity index (χ2n) is 4.71. The Labute approximate surface area is 129 Å². The van der Waals surface area contributed by atoms with Crippen LogP contribution in [0.3, 0.4) is 0 Å². The highest BCUT2D eigenvalue weighted by Crippen LogP contribution is 2.22. The fourth-order valence-corrected chi connectivity index (χ4v) is 3.61. The molecule has 1 fully saturated rings. The van der Waals surface area contributed by atoms with Crippen LogP contribution in [0.25, 0.3) is 0 Å². The van der Waals surface area contributed by atoms with Gasteiger partial charge < -0.3 is 10.5 Å². The third kappa shape index (κ3) is 4.90. The van der Waals surface area contributed by atoms with E-state index in [1.165, 1.54) is 0 Å². The van der Waals surface area contributed by atoms with E-state index in [0.717, 1.165) is 12.8 Å². The third-order valence-corrected chi connectivity index (χ3v) is 4.58. The van der Waals surface area contributed by atoms with Crippen molar-refractivity contribution in [1.82, 2.24) is 0 Å². The van der Waals surface area contributed by atoms with Gasteiger partial charge in [-0.15, -0.1) is 0 Å². The molecule has 1 saturated heterocycles. The van der Waals surface area contributed by atoms with Gasteiger partial charge in [0.1, 0.15) is 0 Å². The highest BCUT2D eigenvalue weighted by Gasteiger charge is 2.23. The van der Waals surface area contributed by atoms with E-state index < -0.39 is 10.0 Å².